The van der Waals surface area contributed by atoms with Crippen molar-refractivity contribution in [2.24, 2.45) is 0 Å². The number of rotatable bonds is 4. The van der Waals surface area contributed by atoms with Crippen LogP contribution in [0.4, 0.5) is 15.8 Å². The van der Waals surface area contributed by atoms with E-state index in [4.69, 9.17) is 10.5 Å². The van der Waals surface area contributed by atoms with Gasteiger partial charge in [0.15, 0.2) is 0 Å². The smallest absolute Gasteiger partial charge is 0.148 e. The molecular weight excluding hydrogens is 263 g/mol. The molecule has 5 heteroatoms. The summed E-state index contributed by atoms with van der Waals surface area (Å²) in [5.41, 5.74) is 7.60. The van der Waals surface area contributed by atoms with E-state index in [-0.39, 0.29) is 5.82 Å². The Morgan fingerprint density at radius 2 is 2.05 bits per heavy atom. The quantitative estimate of drug-likeness (QED) is 0.839. The maximum Gasteiger partial charge on any atom is 0.148 e. The standard InChI is InChI=1S/C14H17FN2OS/c1-8-4-10(19-9(8)2)7-17-13-6-14(18-3)12(16)5-11(13)15/h4-6,17H,7,16H2,1-3H3. The molecule has 0 bridgehead atoms. The molecule has 0 spiro atoms. The van der Waals surface area contributed by atoms with Gasteiger partial charge in [-0.25, -0.2) is 4.39 Å². The van der Waals surface area contributed by atoms with Crippen molar-refractivity contribution in [2.45, 2.75) is 20.4 Å². The van der Waals surface area contributed by atoms with Crippen molar-refractivity contribution < 1.29 is 9.13 Å². The molecule has 0 unspecified atom stereocenters. The summed E-state index contributed by atoms with van der Waals surface area (Å²) in [5, 5.41) is 3.07. The zero-order valence-corrected chi connectivity index (χ0v) is 12.0. The lowest BCUT2D eigenvalue weighted by Gasteiger charge is -2.10. The average Bonchev–Trinajstić information content (AvgIpc) is 2.68. The number of aryl methyl sites for hydroxylation is 2. The Bertz CT molecular complexity index is 576. The fraction of sp³-hybridized carbons (Fsp3) is 0.286. The van der Waals surface area contributed by atoms with Crippen molar-refractivity contribution in [1.29, 1.82) is 0 Å². The van der Waals surface area contributed by atoms with E-state index in [0.717, 1.165) is 0 Å². The van der Waals surface area contributed by atoms with Gasteiger partial charge in [0.2, 0.25) is 0 Å². The molecule has 0 aliphatic rings. The van der Waals surface area contributed by atoms with E-state index >= 15 is 0 Å². The van der Waals surface area contributed by atoms with Gasteiger partial charge in [0.25, 0.3) is 0 Å². The first-order valence-electron chi connectivity index (χ1n) is 5.94. The molecule has 0 saturated carbocycles. The first-order chi connectivity index (χ1) is 9.01. The molecule has 1 heterocycles. The normalized spacial score (nSPS) is 10.5. The highest BCUT2D eigenvalue weighted by molar-refractivity contribution is 7.12. The molecule has 2 aromatic rings. The number of thiophene rings is 1. The number of nitrogens with one attached hydrogen (secondary N) is 1. The van der Waals surface area contributed by atoms with Crippen molar-refractivity contribution >= 4 is 22.7 Å². The average molecular weight is 280 g/mol. The Hall–Kier alpha value is -1.75. The summed E-state index contributed by atoms with van der Waals surface area (Å²) in [6, 6.07) is 4.96. The van der Waals surface area contributed by atoms with Crippen molar-refractivity contribution in [1.82, 2.24) is 0 Å². The van der Waals surface area contributed by atoms with Crippen molar-refractivity contribution in [3.8, 4) is 5.75 Å². The van der Waals surface area contributed by atoms with Gasteiger partial charge in [0, 0.05) is 28.4 Å². The Morgan fingerprint density at radius 3 is 2.63 bits per heavy atom. The number of anilines is 2. The van der Waals surface area contributed by atoms with E-state index in [1.165, 1.54) is 28.5 Å². The molecule has 102 valence electrons. The minimum absolute atomic E-state index is 0.299. The van der Waals surface area contributed by atoms with Crippen LogP contribution in [0.25, 0.3) is 0 Å². The number of halogens is 1. The zero-order valence-electron chi connectivity index (χ0n) is 11.2. The number of nitrogen functional groups attached to an aromatic ring is 1. The molecule has 3 N–H and O–H groups in total. The van der Waals surface area contributed by atoms with Crippen LogP contribution >= 0.6 is 11.3 Å². The predicted octanol–water partition coefficient (Wildman–Crippen LogP) is 3.71. The van der Waals surface area contributed by atoms with Gasteiger partial charge in [0.1, 0.15) is 11.6 Å². The van der Waals surface area contributed by atoms with Gasteiger partial charge in [-0.2, -0.15) is 0 Å². The molecule has 0 amide bonds. The van der Waals surface area contributed by atoms with Crippen molar-refractivity contribution in [2.75, 3.05) is 18.2 Å². The number of hydrogen-bond donors (Lipinski definition) is 2. The second kappa shape index (κ2) is 5.48. The third kappa shape index (κ3) is 2.98. The molecule has 1 aromatic heterocycles. The maximum atomic E-state index is 13.8. The molecule has 19 heavy (non-hydrogen) atoms. The van der Waals surface area contributed by atoms with Crippen LogP contribution in [-0.4, -0.2) is 7.11 Å². The van der Waals surface area contributed by atoms with E-state index in [0.29, 0.717) is 23.7 Å². The number of nitrogens with two attached hydrogens (primary N) is 1. The lowest BCUT2D eigenvalue weighted by atomic mass is 10.2. The topological polar surface area (TPSA) is 47.3 Å². The summed E-state index contributed by atoms with van der Waals surface area (Å²) >= 11 is 1.71. The molecule has 0 fully saturated rings. The molecule has 0 saturated heterocycles. The van der Waals surface area contributed by atoms with Gasteiger partial charge >= 0.3 is 0 Å². The molecule has 0 radical (unpaired) electrons. The Balaban J connectivity index is 2.15. The van der Waals surface area contributed by atoms with Gasteiger partial charge in [-0.05, 0) is 25.5 Å². The van der Waals surface area contributed by atoms with E-state index in [1.54, 1.807) is 17.4 Å². The lowest BCUT2D eigenvalue weighted by molar-refractivity contribution is 0.416. The van der Waals surface area contributed by atoms with Gasteiger partial charge in [-0.1, -0.05) is 0 Å². The second-order valence-corrected chi connectivity index (χ2v) is 5.72. The van der Waals surface area contributed by atoms with Gasteiger partial charge < -0.3 is 15.8 Å². The maximum absolute atomic E-state index is 13.8. The fourth-order valence-corrected chi connectivity index (χ4v) is 2.79. The lowest BCUT2D eigenvalue weighted by Crippen LogP contribution is -2.02. The Morgan fingerprint density at radius 1 is 1.32 bits per heavy atom. The van der Waals surface area contributed by atoms with Crippen LogP contribution < -0.4 is 15.8 Å². The minimum atomic E-state index is -0.372. The molecule has 1 aromatic carbocycles. The Labute approximate surface area is 116 Å². The monoisotopic (exact) mass is 280 g/mol. The minimum Gasteiger partial charge on any atom is -0.495 e. The van der Waals surface area contributed by atoms with Gasteiger partial charge in [0.05, 0.1) is 18.5 Å². The van der Waals surface area contributed by atoms with Crippen LogP contribution in [0.3, 0.4) is 0 Å². The zero-order chi connectivity index (χ0) is 14.0. The number of hydrogen-bond acceptors (Lipinski definition) is 4. The second-order valence-electron chi connectivity index (χ2n) is 4.38. The van der Waals surface area contributed by atoms with Crippen LogP contribution in [0.1, 0.15) is 15.3 Å². The molecule has 0 aliphatic heterocycles. The highest BCUT2D eigenvalue weighted by Crippen LogP contribution is 2.29. The van der Waals surface area contributed by atoms with Gasteiger partial charge in [-0.15, -0.1) is 11.3 Å². The summed E-state index contributed by atoms with van der Waals surface area (Å²) in [7, 11) is 1.51. The Kier molecular flexibility index (Phi) is 3.95. The summed E-state index contributed by atoms with van der Waals surface area (Å²) in [6.07, 6.45) is 0. The van der Waals surface area contributed by atoms with Crippen LogP contribution in [0, 0.1) is 19.7 Å². The third-order valence-electron chi connectivity index (χ3n) is 2.99. The molecule has 0 aliphatic carbocycles. The first-order valence-corrected chi connectivity index (χ1v) is 6.75. The van der Waals surface area contributed by atoms with E-state index in [1.807, 2.05) is 0 Å². The molecular formula is C14H17FN2OS. The third-order valence-corrected chi connectivity index (χ3v) is 4.14. The highest BCUT2D eigenvalue weighted by Gasteiger charge is 2.09. The largest absolute Gasteiger partial charge is 0.495 e. The highest BCUT2D eigenvalue weighted by atomic mass is 32.1. The van der Waals surface area contributed by atoms with Crippen LogP contribution in [0.15, 0.2) is 18.2 Å². The molecule has 0 atom stereocenters. The van der Waals surface area contributed by atoms with E-state index in [2.05, 4.69) is 25.2 Å². The van der Waals surface area contributed by atoms with Crippen molar-refractivity contribution in [3.05, 3.63) is 39.3 Å². The van der Waals surface area contributed by atoms with Gasteiger partial charge in [-0.3, -0.25) is 0 Å². The predicted molar refractivity (Wildman–Crippen MR) is 78.5 cm³/mol. The van der Waals surface area contributed by atoms with Crippen molar-refractivity contribution in [3.63, 3.8) is 0 Å². The number of benzene rings is 1. The number of ether oxygens (including phenoxy) is 1. The summed E-state index contributed by atoms with van der Waals surface area (Å²) < 4.78 is 18.8. The molecule has 2 rings (SSSR count). The molecule has 3 nitrogen and oxygen atoms in total. The number of methoxy groups -OCH3 is 1. The SMILES string of the molecule is COc1cc(NCc2cc(C)c(C)s2)c(F)cc1N. The summed E-state index contributed by atoms with van der Waals surface area (Å²) in [5.74, 6) is 0.103. The van der Waals surface area contributed by atoms with E-state index in [9.17, 15) is 4.39 Å². The summed E-state index contributed by atoms with van der Waals surface area (Å²) in [4.78, 5) is 2.46. The van der Waals surface area contributed by atoms with Crippen LogP contribution in [-0.2, 0) is 6.54 Å². The van der Waals surface area contributed by atoms with Crippen LogP contribution in [0.5, 0.6) is 5.75 Å². The first kappa shape index (κ1) is 13.7. The van der Waals surface area contributed by atoms with E-state index < -0.39 is 0 Å². The summed E-state index contributed by atoms with van der Waals surface area (Å²) in [6.45, 7) is 4.74. The van der Waals surface area contributed by atoms with Crippen LogP contribution in [0.2, 0.25) is 0 Å². The fourth-order valence-electron chi connectivity index (χ4n) is 1.80.